The quantitative estimate of drug-likeness (QED) is 0.258. The van der Waals surface area contributed by atoms with Crippen LogP contribution in [0.25, 0.3) is 16.6 Å². The molecule has 2 aliphatic heterocycles. The van der Waals surface area contributed by atoms with Crippen LogP contribution in [-0.4, -0.2) is 107 Å². The van der Waals surface area contributed by atoms with Crippen LogP contribution in [0.1, 0.15) is 30.8 Å². The van der Waals surface area contributed by atoms with Crippen molar-refractivity contribution < 1.29 is 14.3 Å². The lowest BCUT2D eigenvalue weighted by molar-refractivity contribution is -0.135. The maximum absolute atomic E-state index is 14.4. The fourth-order valence-electron chi connectivity index (χ4n) is 6.22. The molecule has 47 heavy (non-hydrogen) atoms. The number of benzene rings is 3. The van der Waals surface area contributed by atoms with Crippen molar-refractivity contribution in [3.8, 4) is 17.2 Å². The Morgan fingerprint density at radius 2 is 1.53 bits per heavy atom. The monoisotopic (exact) mass is 638 g/mol. The van der Waals surface area contributed by atoms with E-state index < -0.39 is 0 Å². The van der Waals surface area contributed by atoms with Crippen LogP contribution in [0, 0.1) is 6.92 Å². The van der Waals surface area contributed by atoms with Gasteiger partial charge in [0.25, 0.3) is 11.5 Å². The van der Waals surface area contributed by atoms with Crippen LogP contribution in [0.3, 0.4) is 0 Å². The minimum absolute atomic E-state index is 0.0122. The molecule has 4 aromatic rings. The summed E-state index contributed by atoms with van der Waals surface area (Å²) >= 11 is 0. The smallest absolute Gasteiger partial charge is 0.266 e. The van der Waals surface area contributed by atoms with Gasteiger partial charge >= 0.3 is 0 Å². The van der Waals surface area contributed by atoms with E-state index in [0.29, 0.717) is 66.6 Å². The molecule has 0 N–H and O–H groups in total. The molecular formula is C37H46N6O4. The number of hydrogen-bond donors (Lipinski definition) is 0. The van der Waals surface area contributed by atoms with Crippen molar-refractivity contribution in [3.63, 3.8) is 0 Å². The minimum atomic E-state index is -0.105. The Balaban J connectivity index is 1.23. The van der Waals surface area contributed by atoms with Crippen LogP contribution in [0.15, 0.2) is 71.5 Å². The highest BCUT2D eigenvalue weighted by molar-refractivity contribution is 5.79. The maximum Gasteiger partial charge on any atom is 0.266 e. The van der Waals surface area contributed by atoms with Crippen molar-refractivity contribution in [1.82, 2.24) is 29.2 Å². The molecule has 0 bridgehead atoms. The summed E-state index contributed by atoms with van der Waals surface area (Å²) in [5, 5.41) is 0.601. The molecule has 0 atom stereocenters. The number of aryl methyl sites for hydroxylation is 1. The number of fused-ring (bicyclic) bond motifs is 1. The Morgan fingerprint density at radius 3 is 2.26 bits per heavy atom. The van der Waals surface area contributed by atoms with E-state index >= 15 is 0 Å². The zero-order chi connectivity index (χ0) is 32.9. The second-order valence-electron chi connectivity index (χ2n) is 13.0. The third kappa shape index (κ3) is 8.01. The standard InChI is InChI=1S/C37H46N6O4/c1-27(2)47-34-8-6-5-7-33(34)43-35(25-41-19-21-42(22-20-41)36(44)26-46-30-12-9-28(3)10-13-30)38-32-14-11-29(23-31(32)37(43)45)24-40-17-15-39(4)16-18-40/h5-14,23,27H,15-22,24-26H2,1-4H3. The molecule has 6 rings (SSSR count). The molecule has 1 amide bonds. The molecule has 10 heteroatoms. The van der Waals surface area contributed by atoms with Crippen molar-refractivity contribution in [3.05, 3.63) is 94.0 Å². The van der Waals surface area contributed by atoms with Crippen molar-refractivity contribution in [1.29, 1.82) is 0 Å². The van der Waals surface area contributed by atoms with E-state index in [0.717, 1.165) is 43.9 Å². The number of ether oxygens (including phenoxy) is 2. The fourth-order valence-corrected chi connectivity index (χ4v) is 6.22. The average molecular weight is 639 g/mol. The lowest BCUT2D eigenvalue weighted by Gasteiger charge is -2.34. The first kappa shape index (κ1) is 32.7. The van der Waals surface area contributed by atoms with Gasteiger partial charge < -0.3 is 19.3 Å². The highest BCUT2D eigenvalue weighted by atomic mass is 16.5. The van der Waals surface area contributed by atoms with Gasteiger partial charge in [-0.3, -0.25) is 24.0 Å². The molecule has 2 saturated heterocycles. The SMILES string of the molecule is Cc1ccc(OCC(=O)N2CCN(Cc3nc4ccc(CN5CCN(C)CC5)cc4c(=O)n3-c3ccccc3OC(C)C)CC2)cc1. The number of para-hydroxylation sites is 2. The van der Waals surface area contributed by atoms with E-state index in [2.05, 4.69) is 27.8 Å². The predicted octanol–water partition coefficient (Wildman–Crippen LogP) is 3.95. The summed E-state index contributed by atoms with van der Waals surface area (Å²) in [6, 6.07) is 21.5. The first-order chi connectivity index (χ1) is 22.7. The summed E-state index contributed by atoms with van der Waals surface area (Å²) in [5.41, 5.74) is 3.52. The molecule has 10 nitrogen and oxygen atoms in total. The molecule has 2 fully saturated rings. The molecule has 0 spiro atoms. The third-order valence-corrected chi connectivity index (χ3v) is 8.95. The summed E-state index contributed by atoms with van der Waals surface area (Å²) in [5.74, 6) is 1.95. The number of amides is 1. The van der Waals surface area contributed by atoms with E-state index in [9.17, 15) is 9.59 Å². The molecule has 2 aliphatic rings. The average Bonchev–Trinajstić information content (AvgIpc) is 3.06. The number of likely N-dealkylation sites (N-methyl/N-ethyl adjacent to an activating group) is 1. The molecule has 0 unspecified atom stereocenters. The van der Waals surface area contributed by atoms with Gasteiger partial charge in [-0.2, -0.15) is 0 Å². The number of rotatable bonds is 10. The van der Waals surface area contributed by atoms with Crippen molar-refractivity contribution >= 4 is 16.8 Å². The molecular weight excluding hydrogens is 592 g/mol. The first-order valence-electron chi connectivity index (χ1n) is 16.6. The van der Waals surface area contributed by atoms with Gasteiger partial charge in [0.2, 0.25) is 0 Å². The van der Waals surface area contributed by atoms with Gasteiger partial charge in [0.05, 0.1) is 29.2 Å². The van der Waals surface area contributed by atoms with Crippen LogP contribution < -0.4 is 15.0 Å². The van der Waals surface area contributed by atoms with Crippen molar-refractivity contribution in [2.24, 2.45) is 0 Å². The second-order valence-corrected chi connectivity index (χ2v) is 13.0. The fraction of sp³-hybridized carbons (Fsp3) is 0.432. The Hall–Kier alpha value is -4.25. The maximum atomic E-state index is 14.4. The summed E-state index contributed by atoms with van der Waals surface area (Å²) in [4.78, 5) is 41.3. The van der Waals surface area contributed by atoms with Crippen LogP contribution in [0.5, 0.6) is 11.5 Å². The van der Waals surface area contributed by atoms with E-state index in [-0.39, 0.29) is 24.2 Å². The van der Waals surface area contributed by atoms with Gasteiger partial charge in [0.15, 0.2) is 6.61 Å². The number of piperazine rings is 2. The Bertz CT molecular complexity index is 1740. The molecule has 0 saturated carbocycles. The number of nitrogens with zero attached hydrogens (tertiary/aromatic N) is 6. The van der Waals surface area contributed by atoms with E-state index in [1.54, 1.807) is 4.57 Å². The zero-order valence-electron chi connectivity index (χ0n) is 28.0. The molecule has 0 radical (unpaired) electrons. The van der Waals surface area contributed by atoms with Crippen LogP contribution in [0.2, 0.25) is 0 Å². The van der Waals surface area contributed by atoms with Gasteiger partial charge in [-0.25, -0.2) is 4.98 Å². The van der Waals surface area contributed by atoms with Crippen LogP contribution in [0.4, 0.5) is 0 Å². The predicted molar refractivity (Wildman–Crippen MR) is 184 cm³/mol. The highest BCUT2D eigenvalue weighted by Gasteiger charge is 2.25. The highest BCUT2D eigenvalue weighted by Crippen LogP contribution is 2.26. The van der Waals surface area contributed by atoms with Gasteiger partial charge in [0.1, 0.15) is 17.3 Å². The number of carbonyl (C=O) groups is 1. The molecule has 3 aromatic carbocycles. The number of aromatic nitrogens is 2. The van der Waals surface area contributed by atoms with Crippen LogP contribution >= 0.6 is 0 Å². The zero-order valence-corrected chi connectivity index (χ0v) is 28.0. The van der Waals surface area contributed by atoms with E-state index in [1.165, 1.54) is 0 Å². The van der Waals surface area contributed by atoms with Crippen molar-refractivity contribution in [2.45, 2.75) is 40.0 Å². The third-order valence-electron chi connectivity index (χ3n) is 8.95. The van der Waals surface area contributed by atoms with Gasteiger partial charge in [-0.1, -0.05) is 35.9 Å². The van der Waals surface area contributed by atoms with Gasteiger partial charge in [-0.05, 0) is 69.8 Å². The Kier molecular flexibility index (Phi) is 10.2. The second kappa shape index (κ2) is 14.7. The van der Waals surface area contributed by atoms with Crippen molar-refractivity contribution in [2.75, 3.05) is 66.0 Å². The van der Waals surface area contributed by atoms with Gasteiger partial charge in [-0.15, -0.1) is 0 Å². The summed E-state index contributed by atoms with van der Waals surface area (Å²) in [6.07, 6.45) is -0.0560. The Labute approximate surface area is 277 Å². The van der Waals surface area contributed by atoms with E-state index in [1.807, 2.05) is 86.3 Å². The minimum Gasteiger partial charge on any atom is -0.489 e. The molecule has 248 valence electrons. The van der Waals surface area contributed by atoms with Gasteiger partial charge in [0, 0.05) is 58.9 Å². The topological polar surface area (TPSA) is 83.4 Å². The van der Waals surface area contributed by atoms with Crippen LogP contribution in [-0.2, 0) is 17.9 Å². The normalized spacial score (nSPS) is 16.6. The summed E-state index contributed by atoms with van der Waals surface area (Å²) in [7, 11) is 2.15. The molecule has 3 heterocycles. The molecule has 0 aliphatic carbocycles. The summed E-state index contributed by atoms with van der Waals surface area (Å²) < 4.78 is 13.6. The first-order valence-corrected chi connectivity index (χ1v) is 16.6. The lowest BCUT2D eigenvalue weighted by Crippen LogP contribution is -2.50. The van der Waals surface area contributed by atoms with E-state index in [4.69, 9.17) is 14.5 Å². The lowest BCUT2D eigenvalue weighted by atomic mass is 10.1. The largest absolute Gasteiger partial charge is 0.489 e. The number of carbonyl (C=O) groups excluding carboxylic acids is 1. The summed E-state index contributed by atoms with van der Waals surface area (Å²) in [6.45, 7) is 13.9. The Morgan fingerprint density at radius 1 is 0.851 bits per heavy atom. The molecule has 1 aromatic heterocycles. The number of hydrogen-bond acceptors (Lipinski definition) is 8.